The molecule has 1 aromatic rings. The number of rotatable bonds is 0. The predicted molar refractivity (Wildman–Crippen MR) is 63.9 cm³/mol. The van der Waals surface area contributed by atoms with E-state index in [0.29, 0.717) is 11.7 Å². The second-order valence-corrected chi connectivity index (χ2v) is 5.68. The number of aromatic nitrogens is 1. The summed E-state index contributed by atoms with van der Waals surface area (Å²) >= 11 is 1.87. The highest BCUT2D eigenvalue weighted by Gasteiger charge is 2.41. The molecule has 2 atom stereocenters. The third kappa shape index (κ3) is 1.23. The number of allylic oxidation sites excluding steroid dienone is 3. The minimum atomic E-state index is 0.145. The van der Waals surface area contributed by atoms with Gasteiger partial charge in [-0.1, -0.05) is 24.3 Å². The monoisotopic (exact) mass is 216 g/mol. The van der Waals surface area contributed by atoms with E-state index in [4.69, 9.17) is 5.73 Å². The molecule has 2 aliphatic rings. The van der Waals surface area contributed by atoms with Gasteiger partial charge in [-0.05, 0) is 18.6 Å². The molecule has 0 aromatic carbocycles. The molecular formula is C12H12N2S. The van der Waals surface area contributed by atoms with E-state index in [1.165, 1.54) is 10.5 Å². The van der Waals surface area contributed by atoms with Crippen molar-refractivity contribution in [3.05, 3.63) is 42.1 Å². The van der Waals surface area contributed by atoms with Crippen molar-refractivity contribution in [2.75, 3.05) is 5.73 Å². The van der Waals surface area contributed by atoms with Crippen LogP contribution in [0.2, 0.25) is 0 Å². The van der Waals surface area contributed by atoms with E-state index in [2.05, 4.69) is 36.2 Å². The number of anilines is 1. The zero-order valence-electron chi connectivity index (χ0n) is 8.47. The fourth-order valence-corrected chi connectivity index (χ4v) is 3.63. The second-order valence-electron chi connectivity index (χ2n) is 4.15. The standard InChI is InChI=1S/C12H12N2S/c1-12-5-3-2-4-9(12)8-6-11(13)14-7-10(8)15-12/h2-7,9H,1H3,(H2,13,14). The number of nitrogens with zero attached hydrogens (tertiary/aromatic N) is 1. The number of nitrogen functional groups attached to an aromatic ring is 1. The fraction of sp³-hybridized carbons (Fsp3) is 0.250. The first kappa shape index (κ1) is 9.04. The molecule has 0 fully saturated rings. The summed E-state index contributed by atoms with van der Waals surface area (Å²) in [6, 6.07) is 2.00. The molecule has 0 bridgehead atoms. The molecule has 2 unspecified atom stereocenters. The van der Waals surface area contributed by atoms with Gasteiger partial charge < -0.3 is 5.73 Å². The second kappa shape index (κ2) is 2.89. The van der Waals surface area contributed by atoms with Gasteiger partial charge in [-0.15, -0.1) is 11.8 Å². The van der Waals surface area contributed by atoms with Crippen molar-refractivity contribution < 1.29 is 0 Å². The molecule has 76 valence electrons. The third-order valence-electron chi connectivity index (χ3n) is 3.04. The normalized spacial score (nSPS) is 31.4. The van der Waals surface area contributed by atoms with Gasteiger partial charge in [0.05, 0.1) is 0 Å². The molecule has 0 saturated heterocycles. The van der Waals surface area contributed by atoms with Gasteiger partial charge in [0, 0.05) is 21.8 Å². The Hall–Kier alpha value is -1.22. The Balaban J connectivity index is 2.17. The van der Waals surface area contributed by atoms with Gasteiger partial charge in [0.15, 0.2) is 0 Å². The summed E-state index contributed by atoms with van der Waals surface area (Å²) in [6.45, 7) is 2.26. The summed E-state index contributed by atoms with van der Waals surface area (Å²) in [7, 11) is 0. The summed E-state index contributed by atoms with van der Waals surface area (Å²) in [6.07, 6.45) is 10.6. The van der Waals surface area contributed by atoms with Crippen LogP contribution in [0.15, 0.2) is 41.5 Å². The van der Waals surface area contributed by atoms with E-state index < -0.39 is 0 Å². The molecule has 2 N–H and O–H groups in total. The molecule has 0 amide bonds. The van der Waals surface area contributed by atoms with Crippen molar-refractivity contribution in [2.24, 2.45) is 0 Å². The Kier molecular flexibility index (Phi) is 1.74. The molecule has 3 heteroatoms. The Morgan fingerprint density at radius 1 is 1.47 bits per heavy atom. The van der Waals surface area contributed by atoms with Crippen LogP contribution in [0.1, 0.15) is 18.4 Å². The van der Waals surface area contributed by atoms with E-state index in [1.807, 2.05) is 24.0 Å². The number of thioether (sulfide) groups is 1. The zero-order valence-corrected chi connectivity index (χ0v) is 9.29. The predicted octanol–water partition coefficient (Wildman–Crippen LogP) is 2.74. The fourth-order valence-electron chi connectivity index (χ4n) is 2.27. The number of hydrogen-bond acceptors (Lipinski definition) is 3. The van der Waals surface area contributed by atoms with Crippen LogP contribution in [-0.4, -0.2) is 9.73 Å². The summed E-state index contributed by atoms with van der Waals surface area (Å²) in [4.78, 5) is 5.41. The molecule has 0 spiro atoms. The maximum Gasteiger partial charge on any atom is 0.123 e. The van der Waals surface area contributed by atoms with E-state index in [1.54, 1.807) is 0 Å². The highest BCUT2D eigenvalue weighted by molar-refractivity contribution is 8.01. The summed E-state index contributed by atoms with van der Waals surface area (Å²) < 4.78 is 0.145. The molecule has 1 aliphatic heterocycles. The van der Waals surface area contributed by atoms with E-state index >= 15 is 0 Å². The number of pyridine rings is 1. The van der Waals surface area contributed by atoms with Crippen molar-refractivity contribution in [3.63, 3.8) is 0 Å². The van der Waals surface area contributed by atoms with Gasteiger partial charge in [-0.3, -0.25) is 0 Å². The quantitative estimate of drug-likeness (QED) is 0.724. The van der Waals surface area contributed by atoms with Gasteiger partial charge >= 0.3 is 0 Å². The smallest absolute Gasteiger partial charge is 0.123 e. The largest absolute Gasteiger partial charge is 0.384 e. The maximum absolute atomic E-state index is 5.73. The zero-order chi connectivity index (χ0) is 10.5. The number of hydrogen-bond donors (Lipinski definition) is 1. The topological polar surface area (TPSA) is 38.9 Å². The van der Waals surface area contributed by atoms with Crippen LogP contribution in [0.25, 0.3) is 0 Å². The minimum Gasteiger partial charge on any atom is -0.384 e. The van der Waals surface area contributed by atoms with Crippen LogP contribution in [0.5, 0.6) is 0 Å². The number of nitrogens with two attached hydrogens (primary N) is 1. The van der Waals surface area contributed by atoms with Crippen molar-refractivity contribution in [2.45, 2.75) is 22.5 Å². The summed E-state index contributed by atoms with van der Waals surface area (Å²) in [5.74, 6) is 1.05. The van der Waals surface area contributed by atoms with E-state index in [-0.39, 0.29) is 4.75 Å². The summed E-state index contributed by atoms with van der Waals surface area (Å²) in [5, 5.41) is 0. The van der Waals surface area contributed by atoms with Gasteiger partial charge in [0.2, 0.25) is 0 Å². The molecule has 0 radical (unpaired) electrons. The highest BCUT2D eigenvalue weighted by Crippen LogP contribution is 2.55. The average Bonchev–Trinajstić information content (AvgIpc) is 2.50. The van der Waals surface area contributed by atoms with Crippen LogP contribution >= 0.6 is 11.8 Å². The first-order valence-electron chi connectivity index (χ1n) is 4.99. The van der Waals surface area contributed by atoms with Crippen molar-refractivity contribution in [3.8, 4) is 0 Å². The highest BCUT2D eigenvalue weighted by atomic mass is 32.2. The Labute approximate surface area is 93.3 Å². The molecule has 2 nitrogen and oxygen atoms in total. The molecule has 0 saturated carbocycles. The summed E-state index contributed by atoms with van der Waals surface area (Å²) in [5.41, 5.74) is 7.05. The van der Waals surface area contributed by atoms with E-state index in [9.17, 15) is 0 Å². The third-order valence-corrected chi connectivity index (χ3v) is 4.43. The Bertz CT molecular complexity index is 479. The van der Waals surface area contributed by atoms with Crippen LogP contribution in [-0.2, 0) is 0 Å². The molecule has 3 rings (SSSR count). The minimum absolute atomic E-state index is 0.145. The van der Waals surface area contributed by atoms with Gasteiger partial charge in [0.25, 0.3) is 0 Å². The lowest BCUT2D eigenvalue weighted by atomic mass is 9.84. The van der Waals surface area contributed by atoms with Crippen LogP contribution in [0.4, 0.5) is 5.82 Å². The maximum atomic E-state index is 5.73. The van der Waals surface area contributed by atoms with E-state index in [0.717, 1.165) is 0 Å². The molecule has 2 heterocycles. The van der Waals surface area contributed by atoms with Crippen LogP contribution in [0.3, 0.4) is 0 Å². The van der Waals surface area contributed by atoms with Crippen LogP contribution < -0.4 is 5.73 Å². The molecular weight excluding hydrogens is 204 g/mol. The van der Waals surface area contributed by atoms with Gasteiger partial charge in [-0.2, -0.15) is 0 Å². The lowest BCUT2D eigenvalue weighted by molar-refractivity contribution is 0.701. The number of fused-ring (bicyclic) bond motifs is 3. The van der Waals surface area contributed by atoms with Crippen molar-refractivity contribution in [1.82, 2.24) is 4.98 Å². The average molecular weight is 216 g/mol. The van der Waals surface area contributed by atoms with Crippen molar-refractivity contribution in [1.29, 1.82) is 0 Å². The first-order valence-corrected chi connectivity index (χ1v) is 5.81. The Morgan fingerprint density at radius 2 is 2.33 bits per heavy atom. The lowest BCUT2D eigenvalue weighted by Gasteiger charge is -2.27. The van der Waals surface area contributed by atoms with Gasteiger partial charge in [0.1, 0.15) is 5.82 Å². The molecule has 1 aliphatic carbocycles. The Morgan fingerprint density at radius 3 is 3.20 bits per heavy atom. The van der Waals surface area contributed by atoms with Crippen molar-refractivity contribution >= 4 is 17.6 Å². The van der Waals surface area contributed by atoms with Gasteiger partial charge in [-0.25, -0.2) is 4.98 Å². The molecule has 15 heavy (non-hydrogen) atoms. The van der Waals surface area contributed by atoms with Crippen LogP contribution in [0, 0.1) is 0 Å². The lowest BCUT2D eigenvalue weighted by Crippen LogP contribution is -2.22. The first-order chi connectivity index (χ1) is 7.19. The molecule has 1 aromatic heterocycles. The SMILES string of the molecule is CC12C=CC=CC1c1cc(N)ncc1S2.